The molecule has 0 atom stereocenters. The molecule has 1 saturated heterocycles. The Morgan fingerprint density at radius 1 is 1.38 bits per heavy atom. The van der Waals surface area contributed by atoms with Gasteiger partial charge < -0.3 is 9.84 Å². The Balaban J connectivity index is 2.10. The van der Waals surface area contributed by atoms with E-state index in [-0.39, 0.29) is 6.61 Å². The van der Waals surface area contributed by atoms with Crippen LogP contribution in [0.2, 0.25) is 0 Å². The molecule has 21 heavy (non-hydrogen) atoms. The maximum Gasteiger partial charge on any atom is 0.123 e. The summed E-state index contributed by atoms with van der Waals surface area (Å²) in [6, 6.07) is 5.90. The molecule has 0 aliphatic carbocycles. The Kier molecular flexibility index (Phi) is 6.24. The van der Waals surface area contributed by atoms with Gasteiger partial charge in [-0.15, -0.1) is 0 Å². The summed E-state index contributed by atoms with van der Waals surface area (Å²) in [5, 5.41) is 8.76. The van der Waals surface area contributed by atoms with Crippen molar-refractivity contribution in [3.63, 3.8) is 0 Å². The molecule has 1 aliphatic rings. The minimum absolute atomic E-state index is 0.0843. The number of nitrogens with zero attached hydrogens (tertiary/aromatic N) is 1. The number of ether oxygens (including phenoxy) is 1. The Morgan fingerprint density at radius 2 is 2.14 bits per heavy atom. The van der Waals surface area contributed by atoms with Crippen molar-refractivity contribution in [2.45, 2.75) is 13.0 Å². The first-order valence-corrected chi connectivity index (χ1v) is 8.55. The average molecular weight is 307 g/mol. The third-order valence-corrected chi connectivity index (χ3v) is 4.69. The molecule has 0 radical (unpaired) electrons. The summed E-state index contributed by atoms with van der Waals surface area (Å²) >= 11 is 0. The minimum Gasteiger partial charge on any atom is -0.496 e. The van der Waals surface area contributed by atoms with Crippen molar-refractivity contribution in [2.24, 2.45) is 0 Å². The summed E-state index contributed by atoms with van der Waals surface area (Å²) in [4.78, 5) is 2.30. The van der Waals surface area contributed by atoms with E-state index >= 15 is 0 Å². The number of methoxy groups -OCH3 is 1. The number of rotatable bonds is 4. The average Bonchev–Trinajstić information content (AvgIpc) is 2.50. The fraction of sp³-hybridized carbons (Fsp3) is 0.500. The van der Waals surface area contributed by atoms with E-state index in [1.807, 2.05) is 18.2 Å². The first-order valence-electron chi connectivity index (χ1n) is 7.07. The fourth-order valence-electron chi connectivity index (χ4n) is 2.28. The normalized spacial score (nSPS) is 16.3. The molecule has 0 saturated carbocycles. The van der Waals surface area contributed by atoms with Crippen molar-refractivity contribution in [1.29, 1.82) is 0 Å². The molecule has 1 fully saturated rings. The molecule has 4 nitrogen and oxygen atoms in total. The highest BCUT2D eigenvalue weighted by atomic mass is 32.2. The molecule has 0 aromatic heterocycles. The van der Waals surface area contributed by atoms with Crippen molar-refractivity contribution < 1.29 is 14.1 Å². The molecule has 0 spiro atoms. The van der Waals surface area contributed by atoms with Crippen LogP contribution in [-0.2, 0) is 17.3 Å². The Hall–Kier alpha value is -1.35. The van der Waals surface area contributed by atoms with Gasteiger partial charge in [0.2, 0.25) is 0 Å². The van der Waals surface area contributed by atoms with E-state index in [2.05, 4.69) is 16.7 Å². The monoisotopic (exact) mass is 307 g/mol. The van der Waals surface area contributed by atoms with Gasteiger partial charge in [-0.1, -0.05) is 11.8 Å². The molecule has 1 N–H and O–H groups in total. The maximum absolute atomic E-state index is 11.4. The van der Waals surface area contributed by atoms with Gasteiger partial charge in [0.1, 0.15) is 5.75 Å². The molecular weight excluding hydrogens is 286 g/mol. The van der Waals surface area contributed by atoms with Gasteiger partial charge >= 0.3 is 0 Å². The SMILES string of the molecule is COc1ccc(C#CCCO)cc1CN1CCS(=O)CC1. The van der Waals surface area contributed by atoms with E-state index in [1.165, 1.54) is 0 Å². The van der Waals surface area contributed by atoms with E-state index in [0.717, 1.165) is 48.0 Å². The lowest BCUT2D eigenvalue weighted by Gasteiger charge is -2.26. The van der Waals surface area contributed by atoms with Crippen molar-refractivity contribution in [3.8, 4) is 17.6 Å². The first-order chi connectivity index (χ1) is 10.2. The van der Waals surface area contributed by atoms with E-state index in [1.54, 1.807) is 7.11 Å². The number of hydrogen-bond acceptors (Lipinski definition) is 4. The smallest absolute Gasteiger partial charge is 0.123 e. The van der Waals surface area contributed by atoms with Gasteiger partial charge in [-0.05, 0) is 18.2 Å². The molecule has 2 rings (SSSR count). The van der Waals surface area contributed by atoms with Crippen molar-refractivity contribution >= 4 is 10.8 Å². The lowest BCUT2D eigenvalue weighted by molar-refractivity contribution is 0.285. The highest BCUT2D eigenvalue weighted by molar-refractivity contribution is 7.85. The second kappa shape index (κ2) is 8.18. The molecule has 1 aliphatic heterocycles. The lowest BCUT2D eigenvalue weighted by atomic mass is 10.1. The van der Waals surface area contributed by atoms with Crippen molar-refractivity contribution in [1.82, 2.24) is 4.90 Å². The van der Waals surface area contributed by atoms with Crippen LogP contribution in [0.3, 0.4) is 0 Å². The summed E-state index contributed by atoms with van der Waals surface area (Å²) in [6.07, 6.45) is 0.485. The second-order valence-electron chi connectivity index (χ2n) is 4.93. The Bertz CT molecular complexity index is 552. The Labute approximate surface area is 128 Å². The van der Waals surface area contributed by atoms with E-state index in [9.17, 15) is 4.21 Å². The number of aliphatic hydroxyl groups is 1. The highest BCUT2D eigenvalue weighted by Gasteiger charge is 2.16. The summed E-state index contributed by atoms with van der Waals surface area (Å²) in [6.45, 7) is 2.59. The zero-order valence-corrected chi connectivity index (χ0v) is 13.1. The quantitative estimate of drug-likeness (QED) is 0.843. The molecule has 1 aromatic rings. The van der Waals surface area contributed by atoms with Gasteiger partial charge in [0.15, 0.2) is 0 Å². The van der Waals surface area contributed by atoms with Crippen LogP contribution >= 0.6 is 0 Å². The van der Waals surface area contributed by atoms with Crippen LogP contribution in [0.4, 0.5) is 0 Å². The first kappa shape index (κ1) is 16.0. The summed E-state index contributed by atoms with van der Waals surface area (Å²) in [7, 11) is 1.01. The standard InChI is InChI=1S/C16H21NO3S/c1-20-16-6-5-14(4-2-3-9-18)12-15(16)13-17-7-10-21(19)11-8-17/h5-6,12,18H,3,7-11,13H2,1H3. The highest BCUT2D eigenvalue weighted by Crippen LogP contribution is 2.22. The zero-order valence-electron chi connectivity index (χ0n) is 12.3. The van der Waals surface area contributed by atoms with Crippen LogP contribution in [0.15, 0.2) is 18.2 Å². The summed E-state index contributed by atoms with van der Waals surface area (Å²) in [5.74, 6) is 8.33. The third kappa shape index (κ3) is 4.85. The van der Waals surface area contributed by atoms with Crippen LogP contribution in [-0.4, -0.2) is 52.5 Å². The molecule has 114 valence electrons. The van der Waals surface area contributed by atoms with Crippen LogP contribution in [0.1, 0.15) is 17.5 Å². The Morgan fingerprint density at radius 3 is 2.81 bits per heavy atom. The van der Waals surface area contributed by atoms with Crippen LogP contribution < -0.4 is 4.74 Å². The molecule has 0 unspecified atom stereocenters. The van der Waals surface area contributed by atoms with Gasteiger partial charge in [0.05, 0.1) is 13.7 Å². The van der Waals surface area contributed by atoms with Gasteiger partial charge in [-0.2, -0.15) is 0 Å². The van der Waals surface area contributed by atoms with E-state index in [0.29, 0.717) is 6.42 Å². The van der Waals surface area contributed by atoms with Gasteiger partial charge in [0, 0.05) is 59.5 Å². The molecule has 0 amide bonds. The second-order valence-corrected chi connectivity index (χ2v) is 6.62. The molecule has 1 aromatic carbocycles. The number of hydrogen-bond donors (Lipinski definition) is 1. The fourth-order valence-corrected chi connectivity index (χ4v) is 3.40. The molecule has 1 heterocycles. The number of benzene rings is 1. The predicted octanol–water partition coefficient (Wildman–Crippen LogP) is 0.993. The van der Waals surface area contributed by atoms with Crippen molar-refractivity contribution in [2.75, 3.05) is 38.3 Å². The van der Waals surface area contributed by atoms with Crippen LogP contribution in [0.5, 0.6) is 5.75 Å². The predicted molar refractivity (Wildman–Crippen MR) is 84.7 cm³/mol. The zero-order chi connectivity index (χ0) is 15.1. The summed E-state index contributed by atoms with van der Waals surface area (Å²) in [5.41, 5.74) is 2.03. The maximum atomic E-state index is 11.4. The topological polar surface area (TPSA) is 49.8 Å². The molecule has 0 bridgehead atoms. The summed E-state index contributed by atoms with van der Waals surface area (Å²) < 4.78 is 16.8. The molecule has 5 heteroatoms. The van der Waals surface area contributed by atoms with Crippen LogP contribution in [0.25, 0.3) is 0 Å². The molecular formula is C16H21NO3S. The van der Waals surface area contributed by atoms with Crippen LogP contribution in [0, 0.1) is 11.8 Å². The van der Waals surface area contributed by atoms with E-state index < -0.39 is 10.8 Å². The lowest BCUT2D eigenvalue weighted by Crippen LogP contribution is -2.37. The van der Waals surface area contributed by atoms with Gasteiger partial charge in [-0.3, -0.25) is 9.11 Å². The van der Waals surface area contributed by atoms with Crippen molar-refractivity contribution in [3.05, 3.63) is 29.3 Å². The minimum atomic E-state index is -0.655. The van der Waals surface area contributed by atoms with E-state index in [4.69, 9.17) is 9.84 Å². The number of aliphatic hydroxyl groups excluding tert-OH is 1. The van der Waals surface area contributed by atoms with Gasteiger partial charge in [0.25, 0.3) is 0 Å². The largest absolute Gasteiger partial charge is 0.496 e. The van der Waals surface area contributed by atoms with Gasteiger partial charge in [-0.25, -0.2) is 0 Å². The third-order valence-electron chi connectivity index (χ3n) is 3.41.